The van der Waals surface area contributed by atoms with Crippen LogP contribution in [0.2, 0.25) is 0 Å². The van der Waals surface area contributed by atoms with Crippen LogP contribution in [0.3, 0.4) is 0 Å². The van der Waals surface area contributed by atoms with E-state index in [4.69, 9.17) is 9.47 Å². The van der Waals surface area contributed by atoms with Crippen LogP contribution in [0.25, 0.3) is 0 Å². The van der Waals surface area contributed by atoms with E-state index in [1.54, 1.807) is 0 Å². The highest BCUT2D eigenvalue weighted by molar-refractivity contribution is 5.37. The molecule has 0 atom stereocenters. The molecule has 27 heavy (non-hydrogen) atoms. The Balaban J connectivity index is 1.53. The van der Waals surface area contributed by atoms with Crippen LogP contribution in [0, 0.1) is 0 Å². The molecule has 4 heteroatoms. The lowest BCUT2D eigenvalue weighted by molar-refractivity contribution is 0.123. The van der Waals surface area contributed by atoms with Gasteiger partial charge in [-0.2, -0.15) is 0 Å². The highest BCUT2D eigenvalue weighted by atomic mass is 16.5. The molecule has 4 nitrogen and oxygen atoms in total. The maximum atomic E-state index is 5.92. The van der Waals surface area contributed by atoms with Crippen molar-refractivity contribution in [1.82, 2.24) is 9.80 Å². The third-order valence-electron chi connectivity index (χ3n) is 4.93. The van der Waals surface area contributed by atoms with E-state index in [-0.39, 0.29) is 0 Å². The summed E-state index contributed by atoms with van der Waals surface area (Å²) in [7, 11) is 0. The molecule has 4 rings (SSSR count). The number of benzene rings is 2. The van der Waals surface area contributed by atoms with Gasteiger partial charge in [-0.25, -0.2) is 0 Å². The summed E-state index contributed by atoms with van der Waals surface area (Å²) >= 11 is 0. The number of para-hydroxylation sites is 2. The monoisotopic (exact) mass is 360 g/mol. The van der Waals surface area contributed by atoms with Gasteiger partial charge < -0.3 is 19.3 Å². The van der Waals surface area contributed by atoms with Crippen LogP contribution in [0.15, 0.2) is 84.7 Å². The first-order valence-electron chi connectivity index (χ1n) is 9.17. The maximum absolute atomic E-state index is 5.92. The number of nitrogens with zero attached hydrogens (tertiary/aromatic N) is 2. The molecular weight excluding hydrogens is 336 g/mol. The van der Waals surface area contributed by atoms with Crippen molar-refractivity contribution in [1.29, 1.82) is 0 Å². The first kappa shape index (κ1) is 17.3. The molecule has 2 aromatic rings. The summed E-state index contributed by atoms with van der Waals surface area (Å²) in [6.07, 6.45) is 6.03. The summed E-state index contributed by atoms with van der Waals surface area (Å²) in [6, 6.07) is 16.4. The van der Waals surface area contributed by atoms with Gasteiger partial charge in [-0.1, -0.05) is 49.1 Å². The third kappa shape index (κ3) is 3.70. The van der Waals surface area contributed by atoms with Crippen LogP contribution in [0.4, 0.5) is 0 Å². The molecule has 0 saturated heterocycles. The van der Waals surface area contributed by atoms with Crippen molar-refractivity contribution in [2.75, 3.05) is 13.5 Å². The van der Waals surface area contributed by atoms with Gasteiger partial charge in [0.05, 0.1) is 0 Å². The van der Waals surface area contributed by atoms with E-state index < -0.39 is 0 Å². The van der Waals surface area contributed by atoms with E-state index >= 15 is 0 Å². The average molecular weight is 360 g/mol. The molecule has 0 spiro atoms. The zero-order chi connectivity index (χ0) is 18.6. The second-order valence-corrected chi connectivity index (χ2v) is 6.77. The van der Waals surface area contributed by atoms with Crippen LogP contribution in [-0.4, -0.2) is 23.3 Å². The Labute approximate surface area is 160 Å². The van der Waals surface area contributed by atoms with Crippen molar-refractivity contribution in [3.63, 3.8) is 0 Å². The number of allylic oxidation sites excluding steroid dienone is 4. The van der Waals surface area contributed by atoms with Crippen LogP contribution in [0.1, 0.15) is 18.1 Å². The summed E-state index contributed by atoms with van der Waals surface area (Å²) in [5.41, 5.74) is 4.63. The fraction of sp³-hybridized carbons (Fsp3) is 0.217. The zero-order valence-electron chi connectivity index (χ0n) is 15.6. The van der Waals surface area contributed by atoms with E-state index in [0.717, 1.165) is 36.0 Å². The molecule has 2 aromatic carbocycles. The molecule has 0 unspecified atom stereocenters. The molecule has 138 valence electrons. The molecule has 2 heterocycles. The Hall–Kier alpha value is -3.14. The van der Waals surface area contributed by atoms with E-state index in [1.807, 2.05) is 42.5 Å². The van der Waals surface area contributed by atoms with Gasteiger partial charge >= 0.3 is 0 Å². The Bertz CT molecular complexity index is 901. The SMILES string of the molecule is C=C/C=C(\C=C(/C)N1COc2ccccc2C1)N1COc2ccccc2C1. The lowest BCUT2D eigenvalue weighted by atomic mass is 10.1. The van der Waals surface area contributed by atoms with Gasteiger partial charge in [-0.15, -0.1) is 0 Å². The highest BCUT2D eigenvalue weighted by Crippen LogP contribution is 2.29. The maximum Gasteiger partial charge on any atom is 0.161 e. The van der Waals surface area contributed by atoms with Crippen molar-refractivity contribution < 1.29 is 9.47 Å². The van der Waals surface area contributed by atoms with Crippen LogP contribution in [-0.2, 0) is 13.1 Å². The van der Waals surface area contributed by atoms with Crippen LogP contribution < -0.4 is 9.47 Å². The molecular formula is C23H24N2O2. The minimum absolute atomic E-state index is 0.528. The summed E-state index contributed by atoms with van der Waals surface area (Å²) in [5.74, 6) is 1.94. The largest absolute Gasteiger partial charge is 0.473 e. The van der Waals surface area contributed by atoms with Crippen molar-refractivity contribution in [2.45, 2.75) is 20.0 Å². The predicted octanol–water partition coefficient (Wildman–Crippen LogP) is 4.66. The second kappa shape index (κ2) is 7.62. The van der Waals surface area contributed by atoms with Gasteiger partial charge in [-0.05, 0) is 31.2 Å². The lowest BCUT2D eigenvalue weighted by Crippen LogP contribution is -2.33. The molecule has 0 amide bonds. The van der Waals surface area contributed by atoms with E-state index in [9.17, 15) is 0 Å². The lowest BCUT2D eigenvalue weighted by Gasteiger charge is -2.34. The molecule has 0 N–H and O–H groups in total. The van der Waals surface area contributed by atoms with Crippen molar-refractivity contribution in [2.24, 2.45) is 0 Å². The summed E-state index contributed by atoms with van der Waals surface area (Å²) < 4.78 is 11.8. The van der Waals surface area contributed by atoms with Gasteiger partial charge in [0.25, 0.3) is 0 Å². The Morgan fingerprint density at radius 3 is 2.07 bits per heavy atom. The van der Waals surface area contributed by atoms with E-state index in [0.29, 0.717) is 13.5 Å². The minimum Gasteiger partial charge on any atom is -0.473 e. The van der Waals surface area contributed by atoms with Gasteiger partial charge in [0.2, 0.25) is 0 Å². The average Bonchev–Trinajstić information content (AvgIpc) is 2.72. The number of ether oxygens (including phenoxy) is 2. The summed E-state index contributed by atoms with van der Waals surface area (Å²) in [4.78, 5) is 4.45. The third-order valence-corrected chi connectivity index (χ3v) is 4.93. The number of hydrogen-bond acceptors (Lipinski definition) is 4. The topological polar surface area (TPSA) is 24.9 Å². The number of fused-ring (bicyclic) bond motifs is 2. The number of hydrogen-bond donors (Lipinski definition) is 0. The number of rotatable bonds is 4. The van der Waals surface area contributed by atoms with Crippen molar-refractivity contribution in [3.8, 4) is 11.5 Å². The van der Waals surface area contributed by atoms with Crippen LogP contribution in [0.5, 0.6) is 11.5 Å². The highest BCUT2D eigenvalue weighted by Gasteiger charge is 2.20. The normalized spacial score (nSPS) is 16.8. The standard InChI is InChI=1S/C23H24N2O2/c1-3-8-21(25-15-20-10-5-7-12-23(20)27-17-25)13-18(2)24-14-19-9-4-6-11-22(19)26-16-24/h3-13H,1,14-17H2,2H3/b18-13+,21-8+. The summed E-state index contributed by atoms with van der Waals surface area (Å²) in [5, 5.41) is 0. The van der Waals surface area contributed by atoms with Gasteiger partial charge in [-0.3, -0.25) is 0 Å². The molecule has 0 bridgehead atoms. The smallest absolute Gasteiger partial charge is 0.161 e. The van der Waals surface area contributed by atoms with Gasteiger partial charge in [0.15, 0.2) is 13.5 Å². The minimum atomic E-state index is 0.528. The molecule has 0 radical (unpaired) electrons. The molecule has 0 aliphatic carbocycles. The fourth-order valence-electron chi connectivity index (χ4n) is 3.41. The quantitative estimate of drug-likeness (QED) is 0.740. The van der Waals surface area contributed by atoms with Crippen LogP contribution >= 0.6 is 0 Å². The second-order valence-electron chi connectivity index (χ2n) is 6.77. The fourth-order valence-corrected chi connectivity index (χ4v) is 3.41. The first-order chi connectivity index (χ1) is 13.2. The van der Waals surface area contributed by atoms with E-state index in [2.05, 4.69) is 47.6 Å². The molecule has 0 aromatic heterocycles. The molecule has 2 aliphatic heterocycles. The molecule has 0 fully saturated rings. The van der Waals surface area contributed by atoms with E-state index in [1.165, 1.54) is 11.1 Å². The molecule has 0 saturated carbocycles. The van der Waals surface area contributed by atoms with Crippen molar-refractivity contribution in [3.05, 3.63) is 95.9 Å². The van der Waals surface area contributed by atoms with Gasteiger partial charge in [0.1, 0.15) is 11.5 Å². The first-order valence-corrected chi connectivity index (χ1v) is 9.17. The predicted molar refractivity (Wildman–Crippen MR) is 107 cm³/mol. The molecule has 2 aliphatic rings. The van der Waals surface area contributed by atoms with Gasteiger partial charge in [0, 0.05) is 35.6 Å². The Morgan fingerprint density at radius 1 is 0.889 bits per heavy atom. The zero-order valence-corrected chi connectivity index (χ0v) is 15.6. The summed E-state index contributed by atoms with van der Waals surface area (Å²) in [6.45, 7) is 8.74. The Morgan fingerprint density at radius 2 is 1.44 bits per heavy atom. The Kier molecular flexibility index (Phi) is 4.88. The van der Waals surface area contributed by atoms with Crippen molar-refractivity contribution >= 4 is 0 Å².